The number of nitrogens with zero attached hydrogens (tertiary/aromatic N) is 3. The van der Waals surface area contributed by atoms with Crippen molar-refractivity contribution in [3.8, 4) is 16.9 Å². The fourth-order valence-corrected chi connectivity index (χ4v) is 4.73. The number of ether oxygens (including phenoxy) is 1. The van der Waals surface area contributed by atoms with Crippen LogP contribution < -0.4 is 14.8 Å². The van der Waals surface area contributed by atoms with E-state index >= 15 is 0 Å². The highest BCUT2D eigenvalue weighted by Crippen LogP contribution is 2.31. The van der Waals surface area contributed by atoms with Crippen molar-refractivity contribution in [3.63, 3.8) is 0 Å². The fraction of sp³-hybridized carbons (Fsp3) is 0.360. The largest absolute Gasteiger partial charge is 0.489 e. The van der Waals surface area contributed by atoms with E-state index in [-0.39, 0.29) is 23.4 Å². The highest BCUT2D eigenvalue weighted by atomic mass is 32.2. The second-order valence-corrected chi connectivity index (χ2v) is 11.4. The van der Waals surface area contributed by atoms with Crippen molar-refractivity contribution in [1.29, 1.82) is 0 Å². The maximum absolute atomic E-state index is 15.0. The van der Waals surface area contributed by atoms with Gasteiger partial charge in [-0.15, -0.1) is 0 Å². The van der Waals surface area contributed by atoms with Crippen LogP contribution in [0.4, 0.5) is 16.0 Å². The molecule has 1 fully saturated rings. The Kier molecular flexibility index (Phi) is 6.94. The van der Waals surface area contributed by atoms with Crippen molar-refractivity contribution in [1.82, 2.24) is 15.0 Å². The zero-order valence-corrected chi connectivity index (χ0v) is 21.3. The SMILES string of the molecule is CC(C)Oc1cncc(-c2ccc(NC(=O)C(C)(C)c3ccnc(NS(=O)(=O)C4CC4)n3)c(F)c2)c1. The maximum Gasteiger partial charge on any atom is 0.237 e. The van der Waals surface area contributed by atoms with Crippen LogP contribution in [0, 0.1) is 5.82 Å². The predicted octanol–water partition coefficient (Wildman–Crippen LogP) is 4.29. The second kappa shape index (κ2) is 9.81. The van der Waals surface area contributed by atoms with Gasteiger partial charge < -0.3 is 10.1 Å². The Balaban J connectivity index is 1.50. The van der Waals surface area contributed by atoms with E-state index in [9.17, 15) is 17.6 Å². The first-order valence-electron chi connectivity index (χ1n) is 11.5. The molecule has 190 valence electrons. The van der Waals surface area contributed by atoms with E-state index < -0.39 is 32.4 Å². The third-order valence-electron chi connectivity index (χ3n) is 5.70. The molecule has 1 aliphatic carbocycles. The summed E-state index contributed by atoms with van der Waals surface area (Å²) >= 11 is 0. The summed E-state index contributed by atoms with van der Waals surface area (Å²) in [6, 6.07) is 7.76. The van der Waals surface area contributed by atoms with Crippen molar-refractivity contribution in [2.24, 2.45) is 0 Å². The molecule has 0 unspecified atom stereocenters. The average molecular weight is 514 g/mol. The topological polar surface area (TPSA) is 123 Å². The number of hydrogen-bond acceptors (Lipinski definition) is 7. The van der Waals surface area contributed by atoms with Gasteiger partial charge in [0.25, 0.3) is 0 Å². The fourth-order valence-electron chi connectivity index (χ4n) is 3.45. The van der Waals surface area contributed by atoms with Crippen molar-refractivity contribution in [3.05, 3.63) is 60.4 Å². The Bertz CT molecular complexity index is 1390. The number of hydrogen-bond donors (Lipinski definition) is 2. The van der Waals surface area contributed by atoms with Gasteiger partial charge in [-0.25, -0.2) is 22.8 Å². The molecule has 1 aliphatic rings. The van der Waals surface area contributed by atoms with Gasteiger partial charge in [0.1, 0.15) is 11.6 Å². The van der Waals surface area contributed by atoms with E-state index in [1.54, 1.807) is 38.4 Å². The van der Waals surface area contributed by atoms with Crippen LogP contribution in [0.3, 0.4) is 0 Å². The lowest BCUT2D eigenvalue weighted by molar-refractivity contribution is -0.120. The minimum Gasteiger partial charge on any atom is -0.489 e. The molecule has 1 aromatic carbocycles. The Labute approximate surface area is 209 Å². The number of anilines is 2. The summed E-state index contributed by atoms with van der Waals surface area (Å²) in [6.07, 6.45) is 5.74. The molecule has 0 bridgehead atoms. The molecule has 36 heavy (non-hydrogen) atoms. The lowest BCUT2D eigenvalue weighted by Crippen LogP contribution is -2.36. The standard InChI is InChI=1S/C25H28FN5O4S/c1-15(2)35-18-11-17(13-27-14-18)16-5-8-21(20(26)12-16)29-23(32)25(3,4)22-9-10-28-24(30-22)31-36(33,34)19-6-7-19/h5,8-15,19H,6-7H2,1-4H3,(H,29,32)(H,28,30,31). The third kappa shape index (κ3) is 5.78. The number of sulfonamides is 1. The Morgan fingerprint density at radius 3 is 2.56 bits per heavy atom. The quantitative estimate of drug-likeness (QED) is 0.438. The monoisotopic (exact) mass is 513 g/mol. The Morgan fingerprint density at radius 2 is 1.89 bits per heavy atom. The highest BCUT2D eigenvalue weighted by molar-refractivity contribution is 7.93. The molecule has 0 radical (unpaired) electrons. The van der Waals surface area contributed by atoms with E-state index in [1.165, 1.54) is 24.4 Å². The normalized spacial score (nSPS) is 13.9. The molecule has 1 amide bonds. The molecule has 4 rings (SSSR count). The van der Waals surface area contributed by atoms with Gasteiger partial charge in [-0.2, -0.15) is 0 Å². The molecule has 0 spiro atoms. The first-order valence-corrected chi connectivity index (χ1v) is 13.1. The number of halogens is 1. The van der Waals surface area contributed by atoms with Gasteiger partial charge >= 0.3 is 0 Å². The number of carbonyl (C=O) groups excluding carboxylic acids is 1. The molecule has 0 atom stereocenters. The van der Waals surface area contributed by atoms with Crippen LogP contribution in [0.25, 0.3) is 11.1 Å². The summed E-state index contributed by atoms with van der Waals surface area (Å²) < 4.78 is 47.4. The van der Waals surface area contributed by atoms with Crippen LogP contribution in [0.2, 0.25) is 0 Å². The van der Waals surface area contributed by atoms with E-state index in [0.29, 0.717) is 29.7 Å². The first kappa shape index (κ1) is 25.5. The first-order chi connectivity index (χ1) is 17.0. The number of pyridine rings is 1. The van der Waals surface area contributed by atoms with Gasteiger partial charge in [0.05, 0.1) is 34.3 Å². The van der Waals surface area contributed by atoms with Crippen LogP contribution in [0.15, 0.2) is 48.9 Å². The van der Waals surface area contributed by atoms with Gasteiger partial charge in [0, 0.05) is 18.0 Å². The summed E-state index contributed by atoms with van der Waals surface area (Å²) in [5.74, 6) is -0.663. The van der Waals surface area contributed by atoms with Crippen molar-refractivity contribution < 1.29 is 22.3 Å². The van der Waals surface area contributed by atoms with Crippen LogP contribution in [-0.4, -0.2) is 40.6 Å². The number of aromatic nitrogens is 3. The van der Waals surface area contributed by atoms with E-state index in [0.717, 1.165) is 0 Å². The minimum atomic E-state index is -3.55. The van der Waals surface area contributed by atoms with Crippen molar-refractivity contribution in [2.45, 2.75) is 57.3 Å². The van der Waals surface area contributed by atoms with Crippen molar-refractivity contribution >= 4 is 27.6 Å². The number of amides is 1. The Hall–Kier alpha value is -3.60. The molecule has 0 aliphatic heterocycles. The average Bonchev–Trinajstić information content (AvgIpc) is 3.66. The summed E-state index contributed by atoms with van der Waals surface area (Å²) in [7, 11) is -3.55. The summed E-state index contributed by atoms with van der Waals surface area (Å²) in [5.41, 5.74) is 0.333. The smallest absolute Gasteiger partial charge is 0.237 e. The van der Waals surface area contributed by atoms with Gasteiger partial charge in [0.15, 0.2) is 0 Å². The van der Waals surface area contributed by atoms with E-state index in [1.807, 2.05) is 13.8 Å². The molecule has 9 nitrogen and oxygen atoms in total. The lowest BCUT2D eigenvalue weighted by Gasteiger charge is -2.23. The van der Waals surface area contributed by atoms with Crippen LogP contribution in [-0.2, 0) is 20.2 Å². The van der Waals surface area contributed by atoms with Crippen molar-refractivity contribution in [2.75, 3.05) is 10.0 Å². The van der Waals surface area contributed by atoms with Gasteiger partial charge in [-0.3, -0.25) is 14.5 Å². The number of benzene rings is 1. The van der Waals surface area contributed by atoms with Crippen LogP contribution in [0.1, 0.15) is 46.2 Å². The zero-order valence-electron chi connectivity index (χ0n) is 20.4. The minimum absolute atomic E-state index is 0.00286. The molecule has 3 aromatic rings. The van der Waals surface area contributed by atoms with Crippen LogP contribution >= 0.6 is 0 Å². The van der Waals surface area contributed by atoms with Gasteiger partial charge in [0.2, 0.25) is 21.9 Å². The van der Waals surface area contributed by atoms with E-state index in [2.05, 4.69) is 25.0 Å². The molecular weight excluding hydrogens is 485 g/mol. The number of nitrogens with one attached hydrogen (secondary N) is 2. The number of carbonyl (C=O) groups is 1. The van der Waals surface area contributed by atoms with Crippen LogP contribution in [0.5, 0.6) is 5.75 Å². The molecule has 11 heteroatoms. The summed E-state index contributed by atoms with van der Waals surface area (Å²) in [6.45, 7) is 7.03. The lowest BCUT2D eigenvalue weighted by atomic mass is 9.88. The molecule has 2 aromatic heterocycles. The maximum atomic E-state index is 15.0. The number of rotatable bonds is 9. The molecular formula is C25H28FN5O4S. The molecule has 2 N–H and O–H groups in total. The second-order valence-electron chi connectivity index (χ2n) is 9.46. The predicted molar refractivity (Wildman–Crippen MR) is 135 cm³/mol. The summed E-state index contributed by atoms with van der Waals surface area (Å²) in [4.78, 5) is 25.4. The molecule has 0 saturated heterocycles. The highest BCUT2D eigenvalue weighted by Gasteiger charge is 2.37. The van der Waals surface area contributed by atoms with Gasteiger partial charge in [-0.05, 0) is 70.4 Å². The Morgan fingerprint density at radius 1 is 1.14 bits per heavy atom. The van der Waals surface area contributed by atoms with E-state index in [4.69, 9.17) is 4.74 Å². The third-order valence-corrected chi connectivity index (χ3v) is 7.51. The van der Waals surface area contributed by atoms with Gasteiger partial charge in [-0.1, -0.05) is 6.07 Å². The zero-order chi connectivity index (χ0) is 26.1. The molecule has 2 heterocycles. The summed E-state index contributed by atoms with van der Waals surface area (Å²) in [5, 5.41) is 2.17. The molecule has 1 saturated carbocycles.